The van der Waals surface area contributed by atoms with Gasteiger partial charge >= 0.3 is 0 Å². The van der Waals surface area contributed by atoms with Gasteiger partial charge < -0.3 is 14.8 Å². The van der Waals surface area contributed by atoms with Crippen LogP contribution in [0.2, 0.25) is 0 Å². The molecule has 0 spiro atoms. The number of nitrogens with one attached hydrogen (secondary N) is 1. The van der Waals surface area contributed by atoms with Gasteiger partial charge in [-0.2, -0.15) is 0 Å². The van der Waals surface area contributed by atoms with Crippen molar-refractivity contribution in [1.29, 1.82) is 0 Å². The quantitative estimate of drug-likeness (QED) is 0.805. The summed E-state index contributed by atoms with van der Waals surface area (Å²) >= 11 is 0. The molecule has 1 aromatic heterocycles. The van der Waals surface area contributed by atoms with E-state index in [9.17, 15) is 0 Å². The molecule has 5 heteroatoms. The summed E-state index contributed by atoms with van der Waals surface area (Å²) in [5, 5.41) is 3.26. The average Bonchev–Trinajstić information content (AvgIpc) is 2.33. The number of anilines is 1. The van der Waals surface area contributed by atoms with Crippen molar-refractivity contribution >= 4 is 5.82 Å². The number of methoxy groups -OCH3 is 2. The fourth-order valence-corrected chi connectivity index (χ4v) is 1.55. The van der Waals surface area contributed by atoms with E-state index in [1.807, 2.05) is 13.0 Å². The summed E-state index contributed by atoms with van der Waals surface area (Å²) in [6, 6.07) is 1.94. The van der Waals surface area contributed by atoms with Gasteiger partial charge in [-0.05, 0) is 6.92 Å². The van der Waals surface area contributed by atoms with Crippen molar-refractivity contribution in [2.24, 2.45) is 0 Å². The van der Waals surface area contributed by atoms with Gasteiger partial charge in [-0.15, -0.1) is 0 Å². The van der Waals surface area contributed by atoms with E-state index >= 15 is 0 Å². The van der Waals surface area contributed by atoms with E-state index in [1.165, 1.54) is 0 Å². The molecule has 0 amide bonds. The highest BCUT2D eigenvalue weighted by Crippen LogP contribution is 2.13. The molecule has 0 aliphatic rings. The van der Waals surface area contributed by atoms with Crippen LogP contribution in [0, 0.1) is 6.92 Å². The maximum Gasteiger partial charge on any atom is 0.133 e. The number of aryl methyl sites for hydroxylation is 1. The van der Waals surface area contributed by atoms with Gasteiger partial charge in [0, 0.05) is 38.4 Å². The maximum atomic E-state index is 5.29. The number of aromatic nitrogens is 2. The maximum absolute atomic E-state index is 5.29. The standard InChI is InChI=1S/C13H23N3O2/c1-9(2)13-15-10(3)6-12(16-13)14-7-11(18-5)8-17-4/h6,9,11H,7-8H2,1-5H3,(H,14,15,16). The lowest BCUT2D eigenvalue weighted by Crippen LogP contribution is -2.27. The molecule has 0 bridgehead atoms. The molecule has 0 saturated carbocycles. The van der Waals surface area contributed by atoms with Crippen molar-refractivity contribution in [3.05, 3.63) is 17.6 Å². The molecule has 5 nitrogen and oxygen atoms in total. The van der Waals surface area contributed by atoms with Gasteiger partial charge in [-0.25, -0.2) is 9.97 Å². The number of rotatable bonds is 7. The largest absolute Gasteiger partial charge is 0.382 e. The van der Waals surface area contributed by atoms with Crippen molar-refractivity contribution in [1.82, 2.24) is 9.97 Å². The highest BCUT2D eigenvalue weighted by Gasteiger charge is 2.09. The molecule has 0 aliphatic heterocycles. The fraction of sp³-hybridized carbons (Fsp3) is 0.692. The van der Waals surface area contributed by atoms with E-state index in [0.717, 1.165) is 17.3 Å². The van der Waals surface area contributed by atoms with Gasteiger partial charge in [-0.3, -0.25) is 0 Å². The van der Waals surface area contributed by atoms with Gasteiger partial charge in [0.1, 0.15) is 11.6 Å². The molecule has 0 fully saturated rings. The zero-order valence-corrected chi connectivity index (χ0v) is 11.9. The molecule has 1 unspecified atom stereocenters. The van der Waals surface area contributed by atoms with Crippen LogP contribution in [0.4, 0.5) is 5.82 Å². The first-order valence-corrected chi connectivity index (χ1v) is 6.18. The van der Waals surface area contributed by atoms with Crippen molar-refractivity contribution < 1.29 is 9.47 Å². The van der Waals surface area contributed by atoms with Crippen molar-refractivity contribution in [2.45, 2.75) is 32.8 Å². The molecule has 18 heavy (non-hydrogen) atoms. The lowest BCUT2D eigenvalue weighted by atomic mass is 10.2. The summed E-state index contributed by atoms with van der Waals surface area (Å²) in [6.45, 7) is 7.37. The lowest BCUT2D eigenvalue weighted by molar-refractivity contribution is 0.0365. The Morgan fingerprint density at radius 1 is 1.28 bits per heavy atom. The van der Waals surface area contributed by atoms with Crippen LogP contribution in [0.5, 0.6) is 0 Å². The van der Waals surface area contributed by atoms with E-state index in [2.05, 4.69) is 29.1 Å². The Balaban J connectivity index is 2.66. The Morgan fingerprint density at radius 2 is 2.00 bits per heavy atom. The van der Waals surface area contributed by atoms with E-state index in [4.69, 9.17) is 9.47 Å². The van der Waals surface area contributed by atoms with Crippen LogP contribution < -0.4 is 5.32 Å². The van der Waals surface area contributed by atoms with Crippen molar-refractivity contribution in [2.75, 3.05) is 32.7 Å². The minimum absolute atomic E-state index is 0.0211. The highest BCUT2D eigenvalue weighted by atomic mass is 16.5. The summed E-state index contributed by atoms with van der Waals surface area (Å²) in [5.41, 5.74) is 0.969. The molecule has 102 valence electrons. The first-order chi connectivity index (χ1) is 8.56. The third kappa shape index (κ3) is 4.58. The molecular weight excluding hydrogens is 230 g/mol. The molecule has 0 aromatic carbocycles. The second-order valence-corrected chi connectivity index (χ2v) is 4.60. The molecule has 1 aromatic rings. The van der Waals surface area contributed by atoms with Crippen LogP contribution in [-0.4, -0.2) is 43.4 Å². The van der Waals surface area contributed by atoms with Crippen LogP contribution in [-0.2, 0) is 9.47 Å². The Morgan fingerprint density at radius 3 is 2.56 bits per heavy atom. The first-order valence-electron chi connectivity index (χ1n) is 6.18. The Kier molecular flexibility index (Phi) is 6.01. The monoisotopic (exact) mass is 253 g/mol. The number of nitrogens with zero attached hydrogens (tertiary/aromatic N) is 2. The zero-order valence-electron chi connectivity index (χ0n) is 11.9. The topological polar surface area (TPSA) is 56.3 Å². The minimum atomic E-state index is 0.0211. The fourth-order valence-electron chi connectivity index (χ4n) is 1.55. The zero-order chi connectivity index (χ0) is 13.5. The SMILES string of the molecule is COCC(CNc1cc(C)nc(C(C)C)n1)OC. The third-order valence-corrected chi connectivity index (χ3v) is 2.58. The first kappa shape index (κ1) is 14.9. The summed E-state index contributed by atoms with van der Waals surface area (Å²) < 4.78 is 10.4. The van der Waals surface area contributed by atoms with Crippen LogP contribution in [0.1, 0.15) is 31.3 Å². The summed E-state index contributed by atoms with van der Waals surface area (Å²) in [5.74, 6) is 2.02. The molecule has 0 saturated heterocycles. The molecule has 0 aliphatic carbocycles. The second kappa shape index (κ2) is 7.28. The second-order valence-electron chi connectivity index (χ2n) is 4.60. The summed E-state index contributed by atoms with van der Waals surface area (Å²) in [6.07, 6.45) is 0.0211. The van der Waals surface area contributed by atoms with Crippen LogP contribution in [0.3, 0.4) is 0 Å². The van der Waals surface area contributed by atoms with E-state index < -0.39 is 0 Å². The predicted molar refractivity (Wildman–Crippen MR) is 72.0 cm³/mol. The van der Waals surface area contributed by atoms with Gasteiger partial charge in [-0.1, -0.05) is 13.8 Å². The minimum Gasteiger partial charge on any atom is -0.382 e. The number of hydrogen-bond donors (Lipinski definition) is 1. The molecule has 0 radical (unpaired) electrons. The normalized spacial score (nSPS) is 12.8. The Bertz CT molecular complexity index is 369. The highest BCUT2D eigenvalue weighted by molar-refractivity contribution is 5.36. The van der Waals surface area contributed by atoms with Crippen LogP contribution >= 0.6 is 0 Å². The molecule has 1 N–H and O–H groups in total. The van der Waals surface area contributed by atoms with Gasteiger partial charge in [0.05, 0.1) is 12.7 Å². The molecule has 1 heterocycles. The number of ether oxygens (including phenoxy) is 2. The summed E-state index contributed by atoms with van der Waals surface area (Å²) in [7, 11) is 3.34. The van der Waals surface area contributed by atoms with Crippen molar-refractivity contribution in [3.8, 4) is 0 Å². The Labute approximate surface area is 109 Å². The molecule has 1 rings (SSSR count). The van der Waals surface area contributed by atoms with E-state index in [-0.39, 0.29) is 6.10 Å². The van der Waals surface area contributed by atoms with Crippen LogP contribution in [0.25, 0.3) is 0 Å². The predicted octanol–water partition coefficient (Wildman–Crippen LogP) is 1.98. The number of hydrogen-bond acceptors (Lipinski definition) is 5. The molecular formula is C13H23N3O2. The Hall–Kier alpha value is -1.20. The third-order valence-electron chi connectivity index (χ3n) is 2.58. The summed E-state index contributed by atoms with van der Waals surface area (Å²) in [4.78, 5) is 8.89. The van der Waals surface area contributed by atoms with Gasteiger partial charge in [0.15, 0.2) is 0 Å². The van der Waals surface area contributed by atoms with Gasteiger partial charge in [0.2, 0.25) is 0 Å². The average molecular weight is 253 g/mol. The van der Waals surface area contributed by atoms with Crippen molar-refractivity contribution in [3.63, 3.8) is 0 Å². The van der Waals surface area contributed by atoms with E-state index in [1.54, 1.807) is 14.2 Å². The molecule has 1 atom stereocenters. The smallest absolute Gasteiger partial charge is 0.133 e. The van der Waals surface area contributed by atoms with E-state index in [0.29, 0.717) is 19.1 Å². The lowest BCUT2D eigenvalue weighted by Gasteiger charge is -2.16. The van der Waals surface area contributed by atoms with Gasteiger partial charge in [0.25, 0.3) is 0 Å². The van der Waals surface area contributed by atoms with Crippen LogP contribution in [0.15, 0.2) is 6.07 Å².